The number of hydrogen-bond donors (Lipinski definition) is 2. The molecule has 0 aliphatic carbocycles. The minimum atomic E-state index is -0.110. The lowest BCUT2D eigenvalue weighted by molar-refractivity contribution is 0.0746. The maximum atomic E-state index is 11.9. The van der Waals surface area contributed by atoms with Crippen LogP contribution in [-0.4, -0.2) is 30.1 Å². The molecule has 6 heteroatoms. The van der Waals surface area contributed by atoms with Crippen LogP contribution >= 0.6 is 11.3 Å². The fourth-order valence-electron chi connectivity index (χ4n) is 1.64. The minimum absolute atomic E-state index is 0.110. The van der Waals surface area contributed by atoms with Gasteiger partial charge in [-0.15, -0.1) is 0 Å². The van der Waals surface area contributed by atoms with Crippen molar-refractivity contribution in [1.29, 1.82) is 0 Å². The van der Waals surface area contributed by atoms with Crippen LogP contribution in [0.3, 0.4) is 0 Å². The van der Waals surface area contributed by atoms with Crippen molar-refractivity contribution in [3.8, 4) is 0 Å². The number of rotatable bonds is 5. The van der Waals surface area contributed by atoms with Crippen LogP contribution in [0.1, 0.15) is 24.2 Å². The monoisotopic (exact) mass is 279 g/mol. The Kier molecular flexibility index (Phi) is 4.34. The number of nitrogen functional groups attached to an aromatic ring is 1. The maximum Gasteiger partial charge on any atom is 0.251 e. The molecule has 0 unspecified atom stereocenters. The largest absolute Gasteiger partial charge is 0.377 e. The molecule has 0 radical (unpaired) electrons. The van der Waals surface area contributed by atoms with Crippen LogP contribution in [0, 0.1) is 0 Å². The number of hydrogen-bond acceptors (Lipinski definition) is 5. The van der Waals surface area contributed by atoms with Crippen LogP contribution in [0.25, 0.3) is 10.2 Å². The number of fused-ring (bicyclic) bond motifs is 1. The van der Waals surface area contributed by atoms with E-state index >= 15 is 0 Å². The predicted molar refractivity (Wildman–Crippen MR) is 77.5 cm³/mol. The molecular weight excluding hydrogens is 262 g/mol. The number of amides is 1. The van der Waals surface area contributed by atoms with Gasteiger partial charge in [0.1, 0.15) is 0 Å². The zero-order valence-electron chi connectivity index (χ0n) is 11.0. The molecule has 1 amide bonds. The van der Waals surface area contributed by atoms with Crippen molar-refractivity contribution in [2.45, 2.75) is 20.0 Å². The van der Waals surface area contributed by atoms with Gasteiger partial charge in [-0.25, -0.2) is 4.98 Å². The van der Waals surface area contributed by atoms with E-state index in [1.807, 2.05) is 26.0 Å². The molecule has 1 heterocycles. The van der Waals surface area contributed by atoms with E-state index in [0.29, 0.717) is 23.8 Å². The molecule has 0 atom stereocenters. The Hall–Kier alpha value is -1.66. The number of aromatic nitrogens is 1. The van der Waals surface area contributed by atoms with Crippen molar-refractivity contribution in [1.82, 2.24) is 10.3 Å². The van der Waals surface area contributed by atoms with Gasteiger partial charge in [0.05, 0.1) is 22.9 Å². The first-order valence-electron chi connectivity index (χ1n) is 6.12. The first-order valence-corrected chi connectivity index (χ1v) is 6.94. The normalized spacial score (nSPS) is 11.1. The molecule has 0 aliphatic rings. The molecule has 3 N–H and O–H groups in total. The highest BCUT2D eigenvalue weighted by Gasteiger charge is 2.08. The van der Waals surface area contributed by atoms with Gasteiger partial charge in [0, 0.05) is 12.1 Å². The quantitative estimate of drug-likeness (QED) is 0.821. The molecule has 0 aliphatic heterocycles. The van der Waals surface area contributed by atoms with Crippen molar-refractivity contribution in [2.24, 2.45) is 0 Å². The Morgan fingerprint density at radius 2 is 2.32 bits per heavy atom. The van der Waals surface area contributed by atoms with Crippen LogP contribution in [0.4, 0.5) is 5.13 Å². The lowest BCUT2D eigenvalue weighted by Gasteiger charge is -2.08. The van der Waals surface area contributed by atoms with Crippen molar-refractivity contribution >= 4 is 32.6 Å². The third-order valence-corrected chi connectivity index (χ3v) is 3.35. The molecule has 0 bridgehead atoms. The minimum Gasteiger partial charge on any atom is -0.377 e. The van der Waals surface area contributed by atoms with Crippen molar-refractivity contribution < 1.29 is 9.53 Å². The van der Waals surface area contributed by atoms with Gasteiger partial charge in [0.2, 0.25) is 0 Å². The number of nitrogens with one attached hydrogen (secondary N) is 1. The lowest BCUT2D eigenvalue weighted by Crippen LogP contribution is -2.27. The summed E-state index contributed by atoms with van der Waals surface area (Å²) >= 11 is 1.38. The Morgan fingerprint density at radius 1 is 1.53 bits per heavy atom. The van der Waals surface area contributed by atoms with E-state index in [-0.39, 0.29) is 12.0 Å². The van der Waals surface area contributed by atoms with Gasteiger partial charge in [-0.2, -0.15) is 0 Å². The van der Waals surface area contributed by atoms with Crippen LogP contribution in [-0.2, 0) is 4.74 Å². The fourth-order valence-corrected chi connectivity index (χ4v) is 2.42. The van der Waals surface area contributed by atoms with Crippen molar-refractivity contribution in [2.75, 3.05) is 18.9 Å². The number of nitrogens with zero attached hydrogens (tertiary/aromatic N) is 1. The van der Waals surface area contributed by atoms with Crippen molar-refractivity contribution in [3.05, 3.63) is 23.8 Å². The molecular formula is C13H17N3O2S. The number of ether oxygens (including phenoxy) is 1. The standard InChI is InChI=1S/C13H17N3O2S/c1-8(2)18-6-5-15-12(17)9-3-4-10-11(7-9)19-13(14)16-10/h3-4,7-8H,5-6H2,1-2H3,(H2,14,16)(H,15,17). The third-order valence-electron chi connectivity index (χ3n) is 2.51. The highest BCUT2D eigenvalue weighted by Crippen LogP contribution is 2.24. The topological polar surface area (TPSA) is 77.2 Å². The van der Waals surface area contributed by atoms with Gasteiger partial charge in [-0.05, 0) is 32.0 Å². The van der Waals surface area contributed by atoms with Gasteiger partial charge in [-0.1, -0.05) is 11.3 Å². The third kappa shape index (κ3) is 3.65. The zero-order valence-corrected chi connectivity index (χ0v) is 11.8. The first kappa shape index (κ1) is 13.8. The molecule has 2 rings (SSSR count). The fraction of sp³-hybridized carbons (Fsp3) is 0.385. The summed E-state index contributed by atoms with van der Waals surface area (Å²) in [6.07, 6.45) is 0.174. The second-order valence-electron chi connectivity index (χ2n) is 4.41. The van der Waals surface area contributed by atoms with E-state index in [1.165, 1.54) is 11.3 Å². The van der Waals surface area contributed by atoms with E-state index in [2.05, 4.69) is 10.3 Å². The zero-order chi connectivity index (χ0) is 13.8. The molecule has 0 saturated heterocycles. The summed E-state index contributed by atoms with van der Waals surface area (Å²) in [5, 5.41) is 3.33. The Bertz CT molecular complexity index is 580. The molecule has 2 aromatic rings. The number of anilines is 1. The Labute approximate surface area is 115 Å². The highest BCUT2D eigenvalue weighted by atomic mass is 32.1. The van der Waals surface area contributed by atoms with Gasteiger partial charge in [0.25, 0.3) is 5.91 Å². The van der Waals surface area contributed by atoms with Gasteiger partial charge in [0.15, 0.2) is 5.13 Å². The van der Waals surface area contributed by atoms with Gasteiger partial charge < -0.3 is 15.8 Å². The van der Waals surface area contributed by atoms with Gasteiger partial charge >= 0.3 is 0 Å². The molecule has 1 aromatic carbocycles. The number of benzene rings is 1. The van der Waals surface area contributed by atoms with Crippen LogP contribution in [0.2, 0.25) is 0 Å². The van der Waals surface area contributed by atoms with E-state index < -0.39 is 0 Å². The van der Waals surface area contributed by atoms with Gasteiger partial charge in [-0.3, -0.25) is 4.79 Å². The van der Waals surface area contributed by atoms with Crippen LogP contribution in [0.5, 0.6) is 0 Å². The predicted octanol–water partition coefficient (Wildman–Crippen LogP) is 2.03. The summed E-state index contributed by atoms with van der Waals surface area (Å²) in [4.78, 5) is 16.1. The molecule has 5 nitrogen and oxygen atoms in total. The number of carbonyl (C=O) groups is 1. The van der Waals surface area contributed by atoms with Crippen LogP contribution < -0.4 is 11.1 Å². The highest BCUT2D eigenvalue weighted by molar-refractivity contribution is 7.22. The summed E-state index contributed by atoms with van der Waals surface area (Å²) in [5.74, 6) is -0.110. The maximum absolute atomic E-state index is 11.9. The van der Waals surface area contributed by atoms with E-state index in [0.717, 1.165) is 10.2 Å². The smallest absolute Gasteiger partial charge is 0.251 e. The molecule has 0 spiro atoms. The average molecular weight is 279 g/mol. The number of nitrogens with two attached hydrogens (primary N) is 1. The van der Waals surface area contributed by atoms with E-state index in [9.17, 15) is 4.79 Å². The Balaban J connectivity index is 1.97. The summed E-state index contributed by atoms with van der Waals surface area (Å²) < 4.78 is 6.28. The summed E-state index contributed by atoms with van der Waals surface area (Å²) in [6.45, 7) is 4.94. The first-order chi connectivity index (χ1) is 9.06. The number of carbonyl (C=O) groups excluding carboxylic acids is 1. The number of thiazole rings is 1. The summed E-state index contributed by atoms with van der Waals surface area (Å²) in [6, 6.07) is 5.36. The molecule has 0 saturated carbocycles. The SMILES string of the molecule is CC(C)OCCNC(=O)c1ccc2nc(N)sc2c1. The Morgan fingerprint density at radius 3 is 3.05 bits per heavy atom. The van der Waals surface area contributed by atoms with E-state index in [1.54, 1.807) is 6.07 Å². The van der Waals surface area contributed by atoms with Crippen LogP contribution in [0.15, 0.2) is 18.2 Å². The van der Waals surface area contributed by atoms with E-state index in [4.69, 9.17) is 10.5 Å². The second-order valence-corrected chi connectivity index (χ2v) is 5.47. The van der Waals surface area contributed by atoms with Crippen molar-refractivity contribution in [3.63, 3.8) is 0 Å². The lowest BCUT2D eigenvalue weighted by atomic mass is 10.2. The average Bonchev–Trinajstić information content (AvgIpc) is 2.73. The molecule has 102 valence electrons. The molecule has 19 heavy (non-hydrogen) atoms. The second kappa shape index (κ2) is 5.99. The summed E-state index contributed by atoms with van der Waals surface area (Å²) in [7, 11) is 0. The molecule has 0 fully saturated rings. The molecule has 1 aromatic heterocycles. The summed E-state index contributed by atoms with van der Waals surface area (Å²) in [5.41, 5.74) is 7.07.